The van der Waals surface area contributed by atoms with Crippen molar-refractivity contribution in [2.24, 2.45) is 39.4 Å². The fourth-order valence-electron chi connectivity index (χ4n) is 12.6. The molecule has 0 heterocycles. The van der Waals surface area contributed by atoms with Gasteiger partial charge in [0, 0.05) is 48.0 Å². The van der Waals surface area contributed by atoms with Gasteiger partial charge in [0.1, 0.15) is 5.75 Å². The van der Waals surface area contributed by atoms with E-state index in [1.165, 1.54) is 6.42 Å². The minimum atomic E-state index is -1.16. The number of carbonyl (C=O) groups is 2. The van der Waals surface area contributed by atoms with Gasteiger partial charge in [-0.15, -0.1) is 0 Å². The van der Waals surface area contributed by atoms with E-state index >= 15 is 0 Å². The summed E-state index contributed by atoms with van der Waals surface area (Å²) in [5, 5.41) is 26.1. The fourth-order valence-corrected chi connectivity index (χ4v) is 12.6. The normalized spacial score (nSPS) is 38.5. The zero-order chi connectivity index (χ0) is 35.6. The molecule has 4 saturated carbocycles. The maximum atomic E-state index is 14.9. The number of ketones is 1. The Morgan fingerprint density at radius 1 is 0.882 bits per heavy atom. The number of carbonyl (C=O) groups excluding carboxylic acids is 2. The molecule has 2 bridgehead atoms. The van der Waals surface area contributed by atoms with Gasteiger partial charge in [0.2, 0.25) is 0 Å². The first-order valence-corrected chi connectivity index (χ1v) is 19.8. The molecule has 7 nitrogen and oxygen atoms in total. The molecule has 2 aromatic rings. The highest BCUT2D eigenvalue weighted by atomic mass is 16.6. The predicted octanol–water partition coefficient (Wildman–Crippen LogP) is 8.42. The van der Waals surface area contributed by atoms with Gasteiger partial charge in [0.25, 0.3) is 0 Å². The molecule has 4 fully saturated rings. The van der Waals surface area contributed by atoms with E-state index in [0.29, 0.717) is 43.9 Å². The minimum absolute atomic E-state index is 0.0542. The molecule has 9 rings (SSSR count). The van der Waals surface area contributed by atoms with Crippen LogP contribution in [0.3, 0.4) is 0 Å². The second-order valence-corrected chi connectivity index (χ2v) is 17.7. The Kier molecular flexibility index (Phi) is 8.83. The lowest BCUT2D eigenvalue weighted by atomic mass is 9.32. The Morgan fingerprint density at radius 2 is 1.61 bits per heavy atom. The summed E-state index contributed by atoms with van der Waals surface area (Å²) in [4.78, 5) is 30.6. The molecule has 8 unspecified atom stereocenters. The predicted molar refractivity (Wildman–Crippen MR) is 198 cm³/mol. The molecule has 2 N–H and O–H groups in total. The SMILES string of the molecule is COCCCN(CC1(O)CCC2C34C=CC5(C=C3C(=O)C3CCCCC3)CC(O)CCC5(C)C4CCC21C)C(=O)Oc1ccc2ccccc2c1. The molecule has 0 aliphatic heterocycles. The monoisotopic (exact) mass is 695 g/mol. The molecule has 51 heavy (non-hydrogen) atoms. The quantitative estimate of drug-likeness (QED) is 0.202. The molecule has 0 saturated heterocycles. The van der Waals surface area contributed by atoms with E-state index in [-0.39, 0.29) is 41.2 Å². The van der Waals surface area contributed by atoms with Crippen LogP contribution in [-0.4, -0.2) is 65.5 Å². The van der Waals surface area contributed by atoms with Crippen LogP contribution in [0.2, 0.25) is 0 Å². The Hall–Kier alpha value is -3.00. The number of benzene rings is 2. The Balaban J connectivity index is 1.13. The van der Waals surface area contributed by atoms with Gasteiger partial charge in [-0.25, -0.2) is 4.79 Å². The molecule has 0 radical (unpaired) electrons. The Bertz CT molecular complexity index is 1750. The number of hydrogen-bond donors (Lipinski definition) is 2. The van der Waals surface area contributed by atoms with E-state index in [1.54, 1.807) is 12.0 Å². The highest BCUT2D eigenvalue weighted by Gasteiger charge is 2.74. The van der Waals surface area contributed by atoms with Crippen LogP contribution in [0.25, 0.3) is 10.8 Å². The molecule has 7 aliphatic carbocycles. The molecule has 0 aromatic heterocycles. The van der Waals surface area contributed by atoms with Crippen LogP contribution in [0, 0.1) is 39.4 Å². The molecule has 7 heteroatoms. The number of methoxy groups -OCH3 is 1. The summed E-state index contributed by atoms with van der Waals surface area (Å²) in [5.41, 5.74) is -1.53. The van der Waals surface area contributed by atoms with E-state index in [1.807, 2.05) is 42.5 Å². The van der Waals surface area contributed by atoms with Crippen molar-refractivity contribution in [2.45, 2.75) is 109 Å². The van der Waals surface area contributed by atoms with Crippen LogP contribution in [0.1, 0.15) is 97.3 Å². The van der Waals surface area contributed by atoms with Gasteiger partial charge in [0.15, 0.2) is 5.78 Å². The summed E-state index contributed by atoms with van der Waals surface area (Å²) in [7, 11) is 1.66. The molecule has 7 aliphatic rings. The Labute approximate surface area is 303 Å². The number of aliphatic hydroxyl groups is 2. The lowest BCUT2D eigenvalue weighted by Crippen LogP contribution is -2.67. The Morgan fingerprint density at radius 3 is 2.39 bits per heavy atom. The van der Waals surface area contributed by atoms with Gasteiger partial charge >= 0.3 is 6.09 Å². The van der Waals surface area contributed by atoms with Gasteiger partial charge in [-0.05, 0) is 104 Å². The van der Waals surface area contributed by atoms with Gasteiger partial charge in [0.05, 0.1) is 18.2 Å². The number of amides is 1. The molecular weight excluding hydrogens is 638 g/mol. The third-order valence-electron chi connectivity index (χ3n) is 15.4. The van der Waals surface area contributed by atoms with Crippen LogP contribution in [0.15, 0.2) is 66.3 Å². The first-order chi connectivity index (χ1) is 24.5. The fraction of sp³-hybridized carbons (Fsp3) is 0.636. The summed E-state index contributed by atoms with van der Waals surface area (Å²) < 4.78 is 11.4. The van der Waals surface area contributed by atoms with E-state index in [9.17, 15) is 19.8 Å². The maximum absolute atomic E-state index is 14.9. The van der Waals surface area contributed by atoms with Crippen molar-refractivity contribution >= 4 is 22.6 Å². The molecule has 8 atom stereocenters. The van der Waals surface area contributed by atoms with E-state index in [0.717, 1.165) is 74.1 Å². The number of rotatable bonds is 9. The van der Waals surface area contributed by atoms with Crippen molar-refractivity contribution in [3.8, 4) is 5.75 Å². The van der Waals surface area contributed by atoms with Crippen molar-refractivity contribution in [2.75, 3.05) is 26.8 Å². The molecule has 2 spiro atoms. The smallest absolute Gasteiger partial charge is 0.410 e. The zero-order valence-electron chi connectivity index (χ0n) is 30.9. The summed E-state index contributed by atoms with van der Waals surface area (Å²) in [6.07, 6.45) is 17.8. The minimum Gasteiger partial charge on any atom is -0.410 e. The van der Waals surface area contributed by atoms with Crippen molar-refractivity contribution in [3.63, 3.8) is 0 Å². The van der Waals surface area contributed by atoms with Gasteiger partial charge in [-0.3, -0.25) is 4.79 Å². The summed E-state index contributed by atoms with van der Waals surface area (Å²) >= 11 is 0. The number of Topliss-reactive ketones (excluding diaryl/α,β-unsaturated/α-hetero) is 1. The van der Waals surface area contributed by atoms with E-state index in [2.05, 4.69) is 32.1 Å². The van der Waals surface area contributed by atoms with Crippen molar-refractivity contribution in [3.05, 3.63) is 66.3 Å². The van der Waals surface area contributed by atoms with Crippen LogP contribution in [-0.2, 0) is 9.53 Å². The van der Waals surface area contributed by atoms with Crippen LogP contribution >= 0.6 is 0 Å². The molecule has 2 aromatic carbocycles. The highest BCUT2D eigenvalue weighted by Crippen LogP contribution is 2.78. The van der Waals surface area contributed by atoms with Gasteiger partial charge < -0.3 is 24.6 Å². The number of ether oxygens (including phenoxy) is 2. The number of hydrogen-bond acceptors (Lipinski definition) is 6. The largest absolute Gasteiger partial charge is 0.415 e. The van der Waals surface area contributed by atoms with Gasteiger partial charge in [-0.2, -0.15) is 0 Å². The second kappa shape index (κ2) is 12.8. The number of allylic oxidation sites excluding steroid dienone is 4. The average molecular weight is 696 g/mol. The average Bonchev–Trinajstić information content (AvgIpc) is 3.41. The number of aliphatic hydroxyl groups excluding tert-OH is 1. The summed E-state index contributed by atoms with van der Waals surface area (Å²) in [6.45, 7) is 5.76. The standard InChI is InChI=1S/C44H57NO6/c1-40-19-16-33(46)27-42(40)22-23-44(35(28-42)38(47)31-11-5-4-6-12-31)36(40)17-20-41(2)37(44)18-21-43(41,49)29-45(24-9-25-50-3)39(48)51-34-15-14-30-10-7-8-13-32(30)26-34/h7-8,10,13-15,22-23,26,28,31,33,36-37,46,49H,4-6,9,11-12,16-21,24-25,27,29H2,1-3H3. The maximum Gasteiger partial charge on any atom is 0.415 e. The number of nitrogens with zero attached hydrogens (tertiary/aromatic N) is 1. The summed E-state index contributed by atoms with van der Waals surface area (Å²) in [5.74, 6) is 1.19. The zero-order valence-corrected chi connectivity index (χ0v) is 30.9. The second-order valence-electron chi connectivity index (χ2n) is 17.7. The van der Waals surface area contributed by atoms with Crippen molar-refractivity contribution in [1.29, 1.82) is 0 Å². The van der Waals surface area contributed by atoms with Crippen molar-refractivity contribution < 1.29 is 29.3 Å². The lowest BCUT2D eigenvalue weighted by molar-refractivity contribution is -0.178. The molecular formula is C44H57NO6. The third kappa shape index (κ3) is 5.30. The molecule has 274 valence electrons. The van der Waals surface area contributed by atoms with E-state index in [4.69, 9.17) is 9.47 Å². The van der Waals surface area contributed by atoms with Crippen molar-refractivity contribution in [1.82, 2.24) is 4.90 Å². The van der Waals surface area contributed by atoms with Crippen LogP contribution in [0.5, 0.6) is 5.75 Å². The third-order valence-corrected chi connectivity index (χ3v) is 15.4. The lowest BCUT2D eigenvalue weighted by Gasteiger charge is -2.71. The molecule has 1 amide bonds. The first kappa shape index (κ1) is 35.1. The van der Waals surface area contributed by atoms with E-state index < -0.39 is 22.5 Å². The van der Waals surface area contributed by atoms with Crippen LogP contribution in [0.4, 0.5) is 4.79 Å². The number of fused-ring (bicyclic) bond motifs is 2. The first-order valence-electron chi connectivity index (χ1n) is 19.8. The summed E-state index contributed by atoms with van der Waals surface area (Å²) in [6, 6.07) is 13.7. The van der Waals surface area contributed by atoms with Gasteiger partial charge in [-0.1, -0.05) is 81.7 Å². The van der Waals surface area contributed by atoms with Crippen LogP contribution < -0.4 is 4.74 Å². The topological polar surface area (TPSA) is 96.3 Å². The highest BCUT2D eigenvalue weighted by molar-refractivity contribution is 6.00.